The monoisotopic (exact) mass is 763 g/mol. The van der Waals surface area contributed by atoms with Crippen LogP contribution in [-0.4, -0.2) is 88.4 Å². The van der Waals surface area contributed by atoms with Crippen molar-refractivity contribution < 1.29 is 32.6 Å². The van der Waals surface area contributed by atoms with Crippen LogP contribution in [-0.2, 0) is 30.7 Å². The van der Waals surface area contributed by atoms with Gasteiger partial charge in [-0.2, -0.15) is 0 Å². The fraction of sp³-hybridized carbons (Fsp3) is 0.674. The van der Waals surface area contributed by atoms with Crippen LogP contribution in [0.3, 0.4) is 0 Å². The third-order valence-corrected chi connectivity index (χ3v) is 10.4. The van der Waals surface area contributed by atoms with E-state index in [-0.39, 0.29) is 12.2 Å². The van der Waals surface area contributed by atoms with Gasteiger partial charge in [0.05, 0.1) is 12.4 Å². The highest BCUT2D eigenvalue weighted by Crippen LogP contribution is 2.36. The van der Waals surface area contributed by atoms with E-state index in [2.05, 4.69) is 34.9 Å². The zero-order valence-corrected chi connectivity index (χ0v) is 35.8. The lowest BCUT2D eigenvalue weighted by atomic mass is 9.84. The molecule has 1 heterocycles. The molecule has 2 N–H and O–H groups in total. The maximum absolute atomic E-state index is 13.5. The van der Waals surface area contributed by atoms with Crippen molar-refractivity contribution in [3.8, 4) is 11.1 Å². The highest BCUT2D eigenvalue weighted by Gasteiger charge is 2.35. The van der Waals surface area contributed by atoms with Gasteiger partial charge in [-0.3, -0.25) is 9.69 Å². The lowest BCUT2D eigenvalue weighted by molar-refractivity contribution is -0.139. The van der Waals surface area contributed by atoms with Gasteiger partial charge < -0.3 is 19.9 Å². The molecule has 0 bridgehead atoms. The summed E-state index contributed by atoms with van der Waals surface area (Å²) in [7, 11) is 1.63. The smallest absolute Gasteiger partial charge is 0.326 e. The van der Waals surface area contributed by atoms with Crippen molar-refractivity contribution in [1.29, 1.82) is 0 Å². The molecule has 2 aromatic carbocycles. The minimum absolute atomic E-state index is 0.198. The van der Waals surface area contributed by atoms with Gasteiger partial charge in [-0.25, -0.2) is 13.2 Å². The number of ether oxygens (including phenoxy) is 2. The number of carbonyl (C=O) groups is 2. The number of amides is 1. The van der Waals surface area contributed by atoms with E-state index in [1.54, 1.807) is 27.4 Å². The van der Waals surface area contributed by atoms with Crippen molar-refractivity contribution >= 4 is 21.7 Å². The Balaban J connectivity index is 0.00000220. The molecule has 0 radical (unpaired) electrons. The van der Waals surface area contributed by atoms with Gasteiger partial charge in [0.2, 0.25) is 0 Å². The first-order chi connectivity index (χ1) is 25.4. The van der Waals surface area contributed by atoms with Gasteiger partial charge in [-0.05, 0) is 72.9 Å². The summed E-state index contributed by atoms with van der Waals surface area (Å²) in [6.45, 7) is 15.8. The maximum atomic E-state index is 13.5. The minimum Gasteiger partial charge on any atom is -0.480 e. The molecule has 3 unspecified atom stereocenters. The quantitative estimate of drug-likeness (QED) is 0.195. The zero-order valence-electron chi connectivity index (χ0n) is 35.0. The van der Waals surface area contributed by atoms with Crippen LogP contribution >= 0.6 is 0 Å². The number of hydrogen-bond acceptors (Lipinski definition) is 7. The summed E-state index contributed by atoms with van der Waals surface area (Å²) in [5, 5.41) is 12.3. The summed E-state index contributed by atoms with van der Waals surface area (Å²) in [5.74, 6) is -1.34. The maximum Gasteiger partial charge on any atom is 0.326 e. The predicted molar refractivity (Wildman–Crippen MR) is 221 cm³/mol. The molecule has 1 saturated heterocycles. The van der Waals surface area contributed by atoms with E-state index in [0.29, 0.717) is 24.3 Å². The fourth-order valence-corrected chi connectivity index (χ4v) is 7.39. The van der Waals surface area contributed by atoms with E-state index >= 15 is 0 Å². The highest BCUT2D eigenvalue weighted by molar-refractivity contribution is 7.90. The van der Waals surface area contributed by atoms with E-state index in [9.17, 15) is 23.1 Å². The molecule has 2 aromatic rings. The number of carbonyl (C=O) groups excluding carboxylic acids is 1. The van der Waals surface area contributed by atoms with Crippen molar-refractivity contribution in [2.75, 3.05) is 39.9 Å². The third kappa shape index (κ3) is 18.9. The van der Waals surface area contributed by atoms with E-state index in [1.165, 1.54) is 57.8 Å². The predicted octanol–water partition coefficient (Wildman–Crippen LogP) is 9.35. The van der Waals surface area contributed by atoms with Gasteiger partial charge in [-0.1, -0.05) is 117 Å². The zero-order chi connectivity index (χ0) is 40.4. The molecule has 2 fully saturated rings. The van der Waals surface area contributed by atoms with Gasteiger partial charge in [0, 0.05) is 51.8 Å². The molecule has 1 aliphatic carbocycles. The van der Waals surface area contributed by atoms with Crippen molar-refractivity contribution in [2.24, 2.45) is 5.92 Å². The van der Waals surface area contributed by atoms with Crippen LogP contribution in [0.15, 0.2) is 42.5 Å². The molecule has 0 spiro atoms. The Morgan fingerprint density at radius 3 is 2.00 bits per heavy atom. The van der Waals surface area contributed by atoms with E-state index in [1.807, 2.05) is 65.0 Å². The molecule has 304 valence electrons. The van der Waals surface area contributed by atoms with E-state index in [0.717, 1.165) is 47.4 Å². The Morgan fingerprint density at radius 2 is 1.47 bits per heavy atom. The minimum atomic E-state index is -3.38. The SMILES string of the molecule is CC.CC.CCCC.COC.COCC1CCC(CC2CCCCC2)N1Cc1ccc(C(=O)NC(CCS(C)(=O)=O)C(=O)O)c(-c2ccccc2C)c1. The van der Waals surface area contributed by atoms with Crippen LogP contribution in [0.5, 0.6) is 0 Å². The van der Waals surface area contributed by atoms with Crippen molar-refractivity contribution in [3.63, 3.8) is 0 Å². The van der Waals surface area contributed by atoms with E-state index in [4.69, 9.17) is 4.74 Å². The second-order valence-electron chi connectivity index (χ2n) is 13.6. The lowest BCUT2D eigenvalue weighted by Crippen LogP contribution is -2.42. The standard InChI is InChI=1S/C33H46N2O6S.C4H10.C2H6O.2C2H6/c1-23-9-7-8-12-28(23)30-20-25(13-16-29(30)32(36)34-31(33(37)38)17-18-42(3,39)40)21-35-26(14-15-27(35)22-41-2)19-24-10-5-4-6-11-24;1-3-4-2;1-3-2;2*1-2/h7-9,12-13,16,20,24,26-27,31H,4-6,10-11,14-15,17-19,21-22H2,1-3H3,(H,34,36)(H,37,38);3-4H2,1-2H3;1-2H3;2*1-2H3. The Bertz CT molecular complexity index is 1390. The number of hydrogen-bond donors (Lipinski definition) is 2. The number of methoxy groups -OCH3 is 2. The number of carboxylic acid groups (broad SMARTS) is 1. The number of nitrogens with zero attached hydrogens (tertiary/aromatic N) is 1. The van der Waals surface area contributed by atoms with Crippen molar-refractivity contribution in [2.45, 2.75) is 144 Å². The van der Waals surface area contributed by atoms with Crippen LogP contribution in [0, 0.1) is 12.8 Å². The molecule has 1 amide bonds. The number of unbranched alkanes of at least 4 members (excludes halogenated alkanes) is 1. The first-order valence-electron chi connectivity index (χ1n) is 19.9. The van der Waals surface area contributed by atoms with Gasteiger partial charge >= 0.3 is 5.97 Å². The first-order valence-corrected chi connectivity index (χ1v) is 22.0. The lowest BCUT2D eigenvalue weighted by Gasteiger charge is -2.33. The second-order valence-corrected chi connectivity index (χ2v) is 15.9. The number of carboxylic acids is 1. The number of aryl methyl sites for hydroxylation is 1. The van der Waals surface area contributed by atoms with Crippen LogP contribution < -0.4 is 5.32 Å². The summed E-state index contributed by atoms with van der Waals surface area (Å²) in [5.41, 5.74) is 4.10. The summed E-state index contributed by atoms with van der Waals surface area (Å²) in [6, 6.07) is 13.2. The number of aliphatic carboxylic acids is 1. The number of likely N-dealkylation sites (tertiary alicyclic amines) is 1. The first kappa shape index (κ1) is 50.2. The normalized spacial score (nSPS) is 17.6. The average molecular weight is 763 g/mol. The molecule has 1 saturated carbocycles. The van der Waals surface area contributed by atoms with Crippen LogP contribution in [0.2, 0.25) is 0 Å². The molecule has 10 heteroatoms. The Morgan fingerprint density at radius 1 is 0.887 bits per heavy atom. The molecule has 4 rings (SSSR count). The Labute approximate surface area is 323 Å². The molecular formula is C43H74N2O7S. The molecule has 1 aliphatic heterocycles. The molecule has 2 aliphatic rings. The molecule has 3 atom stereocenters. The summed E-state index contributed by atoms with van der Waals surface area (Å²) in [4.78, 5) is 28.0. The van der Waals surface area contributed by atoms with Gasteiger partial charge in [0.25, 0.3) is 5.91 Å². The number of rotatable bonds is 14. The second kappa shape index (κ2) is 28.6. The average Bonchev–Trinajstić information content (AvgIpc) is 3.51. The van der Waals surface area contributed by atoms with E-state index < -0.39 is 27.8 Å². The van der Waals surface area contributed by atoms with Gasteiger partial charge in [-0.15, -0.1) is 0 Å². The summed E-state index contributed by atoms with van der Waals surface area (Å²) < 4.78 is 33.2. The molecular weight excluding hydrogens is 689 g/mol. The fourth-order valence-electron chi connectivity index (χ4n) is 6.73. The van der Waals surface area contributed by atoms with Gasteiger partial charge in [0.1, 0.15) is 15.9 Å². The third-order valence-electron chi connectivity index (χ3n) is 9.47. The summed E-state index contributed by atoms with van der Waals surface area (Å²) in [6.07, 6.45) is 13.7. The number of nitrogens with one attached hydrogen (secondary N) is 1. The topological polar surface area (TPSA) is 122 Å². The molecule has 0 aromatic heterocycles. The van der Waals surface area contributed by atoms with Crippen molar-refractivity contribution in [1.82, 2.24) is 10.2 Å². The largest absolute Gasteiger partial charge is 0.480 e. The van der Waals surface area contributed by atoms with Crippen molar-refractivity contribution in [3.05, 3.63) is 59.2 Å². The van der Waals surface area contributed by atoms with Crippen LogP contribution in [0.25, 0.3) is 11.1 Å². The number of sulfone groups is 1. The summed E-state index contributed by atoms with van der Waals surface area (Å²) >= 11 is 0. The van der Waals surface area contributed by atoms with Crippen LogP contribution in [0.4, 0.5) is 0 Å². The molecule has 9 nitrogen and oxygen atoms in total. The van der Waals surface area contributed by atoms with Crippen LogP contribution in [0.1, 0.15) is 134 Å². The van der Waals surface area contributed by atoms with Gasteiger partial charge in [0.15, 0.2) is 0 Å². The molecule has 53 heavy (non-hydrogen) atoms. The Hall–Kier alpha value is -2.79. The Kier molecular flexibility index (Phi) is 27.1. The highest BCUT2D eigenvalue weighted by atomic mass is 32.2. The number of benzene rings is 2.